The topological polar surface area (TPSA) is 41.1 Å². The summed E-state index contributed by atoms with van der Waals surface area (Å²) < 4.78 is 0. The Morgan fingerprint density at radius 1 is 1.17 bits per heavy atom. The number of carbonyl (C=O) groups is 1. The van der Waals surface area contributed by atoms with Crippen molar-refractivity contribution in [3.8, 4) is 0 Å². The summed E-state index contributed by atoms with van der Waals surface area (Å²) in [6.45, 7) is 8.53. The first-order valence-corrected chi connectivity index (χ1v) is 6.61. The van der Waals surface area contributed by atoms with Gasteiger partial charge in [-0.05, 0) is 18.4 Å². The van der Waals surface area contributed by atoms with E-state index >= 15 is 0 Å². The zero-order valence-corrected chi connectivity index (χ0v) is 11.6. The number of rotatable bonds is 7. The van der Waals surface area contributed by atoms with Crippen LogP contribution in [0.15, 0.2) is 24.3 Å². The van der Waals surface area contributed by atoms with E-state index in [1.807, 2.05) is 0 Å². The highest BCUT2D eigenvalue weighted by atomic mass is 16.1. The highest BCUT2D eigenvalue weighted by Crippen LogP contribution is 2.02. The zero-order valence-electron chi connectivity index (χ0n) is 11.6. The first-order chi connectivity index (χ1) is 8.58. The van der Waals surface area contributed by atoms with Gasteiger partial charge < -0.3 is 10.6 Å². The Morgan fingerprint density at radius 3 is 2.44 bits per heavy atom. The van der Waals surface area contributed by atoms with Crippen LogP contribution in [0.3, 0.4) is 0 Å². The third-order valence-electron chi connectivity index (χ3n) is 2.67. The van der Waals surface area contributed by atoms with E-state index in [2.05, 4.69) is 55.7 Å². The molecular formula is C15H24N2O. The largest absolute Gasteiger partial charge is 0.355 e. The molecule has 0 aliphatic rings. The van der Waals surface area contributed by atoms with Gasteiger partial charge in [0, 0.05) is 26.1 Å². The molecule has 1 aromatic rings. The van der Waals surface area contributed by atoms with Gasteiger partial charge in [-0.1, -0.05) is 43.7 Å². The summed E-state index contributed by atoms with van der Waals surface area (Å²) in [7, 11) is 0. The van der Waals surface area contributed by atoms with Gasteiger partial charge in [-0.2, -0.15) is 0 Å². The summed E-state index contributed by atoms with van der Waals surface area (Å²) in [6, 6.07) is 8.47. The number of nitrogens with one attached hydrogen (secondary N) is 2. The molecule has 3 nitrogen and oxygen atoms in total. The molecule has 0 aromatic heterocycles. The molecule has 1 rings (SSSR count). The number of aryl methyl sites for hydroxylation is 1. The van der Waals surface area contributed by atoms with Crippen LogP contribution >= 0.6 is 0 Å². The maximum atomic E-state index is 11.4. The lowest BCUT2D eigenvalue weighted by Crippen LogP contribution is -2.32. The van der Waals surface area contributed by atoms with Crippen LogP contribution in [0, 0.1) is 12.8 Å². The fourth-order valence-corrected chi connectivity index (χ4v) is 1.67. The molecule has 0 atom stereocenters. The molecule has 3 heteroatoms. The van der Waals surface area contributed by atoms with Crippen molar-refractivity contribution in [2.45, 2.75) is 33.7 Å². The first kappa shape index (κ1) is 14.7. The van der Waals surface area contributed by atoms with E-state index in [-0.39, 0.29) is 5.91 Å². The van der Waals surface area contributed by atoms with E-state index in [0.29, 0.717) is 18.9 Å². The van der Waals surface area contributed by atoms with Crippen molar-refractivity contribution in [3.63, 3.8) is 0 Å². The number of hydrogen-bond donors (Lipinski definition) is 2. The maximum absolute atomic E-state index is 11.4. The average Bonchev–Trinajstić information content (AvgIpc) is 2.30. The number of carbonyl (C=O) groups excluding carboxylic acids is 1. The fourth-order valence-electron chi connectivity index (χ4n) is 1.67. The van der Waals surface area contributed by atoms with Gasteiger partial charge in [-0.25, -0.2) is 0 Å². The van der Waals surface area contributed by atoms with Crippen molar-refractivity contribution in [2.75, 3.05) is 13.1 Å². The SMILES string of the molecule is Cc1ccc(CNCCNC(=O)CC(C)C)cc1. The molecule has 0 fully saturated rings. The minimum Gasteiger partial charge on any atom is -0.355 e. The molecule has 0 spiro atoms. The Labute approximate surface area is 110 Å². The van der Waals surface area contributed by atoms with Crippen LogP contribution in [0.5, 0.6) is 0 Å². The second-order valence-corrected chi connectivity index (χ2v) is 5.11. The Morgan fingerprint density at radius 2 is 1.83 bits per heavy atom. The average molecular weight is 248 g/mol. The molecule has 18 heavy (non-hydrogen) atoms. The van der Waals surface area contributed by atoms with Crippen LogP contribution < -0.4 is 10.6 Å². The van der Waals surface area contributed by atoms with Crippen LogP contribution in [-0.4, -0.2) is 19.0 Å². The van der Waals surface area contributed by atoms with E-state index in [0.717, 1.165) is 13.1 Å². The Hall–Kier alpha value is -1.35. The summed E-state index contributed by atoms with van der Waals surface area (Å²) in [6.07, 6.45) is 0.609. The predicted molar refractivity (Wildman–Crippen MR) is 75.4 cm³/mol. The zero-order chi connectivity index (χ0) is 13.4. The molecule has 2 N–H and O–H groups in total. The van der Waals surface area contributed by atoms with Crippen molar-refractivity contribution in [2.24, 2.45) is 5.92 Å². The van der Waals surface area contributed by atoms with Gasteiger partial charge >= 0.3 is 0 Å². The van der Waals surface area contributed by atoms with Gasteiger partial charge in [0.1, 0.15) is 0 Å². The highest BCUT2D eigenvalue weighted by molar-refractivity contribution is 5.75. The van der Waals surface area contributed by atoms with E-state index in [4.69, 9.17) is 0 Å². The van der Waals surface area contributed by atoms with Crippen LogP contribution in [-0.2, 0) is 11.3 Å². The van der Waals surface area contributed by atoms with Gasteiger partial charge in [-0.15, -0.1) is 0 Å². The summed E-state index contributed by atoms with van der Waals surface area (Å²) >= 11 is 0. The molecule has 0 bridgehead atoms. The lowest BCUT2D eigenvalue weighted by Gasteiger charge is -2.08. The van der Waals surface area contributed by atoms with Crippen molar-refractivity contribution in [1.29, 1.82) is 0 Å². The van der Waals surface area contributed by atoms with Crippen LogP contribution in [0.4, 0.5) is 0 Å². The number of amides is 1. The lowest BCUT2D eigenvalue weighted by atomic mass is 10.1. The molecular weight excluding hydrogens is 224 g/mol. The Balaban J connectivity index is 2.08. The van der Waals surface area contributed by atoms with E-state index < -0.39 is 0 Å². The monoisotopic (exact) mass is 248 g/mol. The number of hydrogen-bond acceptors (Lipinski definition) is 2. The smallest absolute Gasteiger partial charge is 0.220 e. The molecule has 1 amide bonds. The molecule has 0 saturated heterocycles. The van der Waals surface area contributed by atoms with Gasteiger partial charge in [0.2, 0.25) is 5.91 Å². The van der Waals surface area contributed by atoms with Gasteiger partial charge in [0.05, 0.1) is 0 Å². The molecule has 0 aliphatic carbocycles. The Kier molecular flexibility index (Phi) is 6.44. The van der Waals surface area contributed by atoms with Crippen molar-refractivity contribution in [3.05, 3.63) is 35.4 Å². The summed E-state index contributed by atoms with van der Waals surface area (Å²) in [5, 5.41) is 6.22. The predicted octanol–water partition coefficient (Wildman–Crippen LogP) is 2.25. The van der Waals surface area contributed by atoms with Crippen LogP contribution in [0.1, 0.15) is 31.4 Å². The summed E-state index contributed by atoms with van der Waals surface area (Å²) in [5.74, 6) is 0.563. The van der Waals surface area contributed by atoms with Gasteiger partial charge in [0.25, 0.3) is 0 Å². The Bertz CT molecular complexity index is 357. The lowest BCUT2D eigenvalue weighted by molar-refractivity contribution is -0.121. The van der Waals surface area contributed by atoms with Crippen molar-refractivity contribution < 1.29 is 4.79 Å². The van der Waals surface area contributed by atoms with Gasteiger partial charge in [0.15, 0.2) is 0 Å². The maximum Gasteiger partial charge on any atom is 0.220 e. The summed E-state index contributed by atoms with van der Waals surface area (Å²) in [5.41, 5.74) is 2.55. The van der Waals surface area contributed by atoms with Gasteiger partial charge in [-0.3, -0.25) is 4.79 Å². The van der Waals surface area contributed by atoms with Crippen molar-refractivity contribution in [1.82, 2.24) is 10.6 Å². The molecule has 0 unspecified atom stereocenters. The van der Waals surface area contributed by atoms with E-state index in [9.17, 15) is 4.79 Å². The quantitative estimate of drug-likeness (QED) is 0.727. The standard InChI is InChI=1S/C15H24N2O/c1-12(2)10-15(18)17-9-8-16-11-14-6-4-13(3)5-7-14/h4-7,12,16H,8-11H2,1-3H3,(H,17,18). The van der Waals surface area contributed by atoms with Crippen LogP contribution in [0.2, 0.25) is 0 Å². The molecule has 1 aromatic carbocycles. The molecule has 100 valence electrons. The third kappa shape index (κ3) is 6.40. The third-order valence-corrected chi connectivity index (χ3v) is 2.67. The second kappa shape index (κ2) is 7.88. The van der Waals surface area contributed by atoms with E-state index in [1.165, 1.54) is 11.1 Å². The highest BCUT2D eigenvalue weighted by Gasteiger charge is 2.02. The van der Waals surface area contributed by atoms with E-state index in [1.54, 1.807) is 0 Å². The summed E-state index contributed by atoms with van der Waals surface area (Å²) in [4.78, 5) is 11.4. The number of benzene rings is 1. The normalized spacial score (nSPS) is 10.7. The van der Waals surface area contributed by atoms with Crippen molar-refractivity contribution >= 4 is 5.91 Å². The molecule has 0 aliphatic heterocycles. The minimum absolute atomic E-state index is 0.141. The van der Waals surface area contributed by atoms with Crippen LogP contribution in [0.25, 0.3) is 0 Å². The second-order valence-electron chi connectivity index (χ2n) is 5.11. The fraction of sp³-hybridized carbons (Fsp3) is 0.533. The minimum atomic E-state index is 0.141. The first-order valence-electron chi connectivity index (χ1n) is 6.61. The molecule has 0 heterocycles. The molecule has 0 radical (unpaired) electrons. The molecule has 0 saturated carbocycles.